The number of carbonyl (C=O) groups excluding carboxylic acids is 2. The fraction of sp³-hybridized carbons (Fsp3) is 0.550. The van der Waals surface area contributed by atoms with Crippen molar-refractivity contribution in [1.82, 2.24) is 19.2 Å². The van der Waals surface area contributed by atoms with Crippen LogP contribution in [0.25, 0.3) is 5.65 Å². The molecular weight excluding hydrogens is 347 g/mol. The van der Waals surface area contributed by atoms with Gasteiger partial charge in [0.1, 0.15) is 5.65 Å². The monoisotopic (exact) mass is 372 g/mol. The van der Waals surface area contributed by atoms with E-state index in [4.69, 9.17) is 0 Å². The number of hydrogen-bond donors (Lipinski definition) is 0. The van der Waals surface area contributed by atoms with Crippen molar-refractivity contribution in [3.05, 3.63) is 35.5 Å². The Kier molecular flexibility index (Phi) is 4.20. The van der Waals surface area contributed by atoms with Crippen molar-refractivity contribution >= 4 is 17.5 Å². The fourth-order valence-corrected chi connectivity index (χ4v) is 4.43. The fourth-order valence-electron chi connectivity index (χ4n) is 4.43. The maximum Gasteiger partial charge on any atom is 0.277 e. The number of imidazole rings is 1. The summed E-state index contributed by atoms with van der Waals surface area (Å²) in [5.41, 5.74) is 0.612. The highest BCUT2D eigenvalue weighted by atomic mass is 19.1. The van der Waals surface area contributed by atoms with Crippen molar-refractivity contribution in [2.75, 3.05) is 19.6 Å². The van der Waals surface area contributed by atoms with Crippen LogP contribution in [0.5, 0.6) is 0 Å². The summed E-state index contributed by atoms with van der Waals surface area (Å²) in [5.74, 6) is -0.941. The number of hydrogen-bond acceptors (Lipinski definition) is 3. The van der Waals surface area contributed by atoms with Gasteiger partial charge in [-0.05, 0) is 51.7 Å². The molecule has 1 atom stereocenters. The van der Waals surface area contributed by atoms with E-state index in [-0.39, 0.29) is 17.6 Å². The van der Waals surface area contributed by atoms with Crippen molar-refractivity contribution in [2.24, 2.45) is 5.41 Å². The number of amides is 2. The molecule has 2 aromatic heterocycles. The third-order valence-corrected chi connectivity index (χ3v) is 5.94. The highest BCUT2D eigenvalue weighted by Gasteiger charge is 2.50. The van der Waals surface area contributed by atoms with Crippen LogP contribution in [0.3, 0.4) is 0 Å². The van der Waals surface area contributed by atoms with Gasteiger partial charge in [0, 0.05) is 31.9 Å². The van der Waals surface area contributed by atoms with E-state index in [1.54, 1.807) is 17.2 Å². The van der Waals surface area contributed by atoms with E-state index in [9.17, 15) is 14.0 Å². The van der Waals surface area contributed by atoms with Gasteiger partial charge in [-0.2, -0.15) is 4.39 Å². The minimum Gasteiger partial charge on any atom is -0.340 e. The molecule has 0 aromatic carbocycles. The number of aromatic nitrogens is 2. The molecule has 0 unspecified atom stereocenters. The maximum absolute atomic E-state index is 14.8. The SMILES string of the molecule is Cc1ccc2nc(C(=O)N3CC[C@@]4(CCCN(C(C)C)C4=O)C3)c(F)n2c1. The molecule has 0 N–H and O–H groups in total. The van der Waals surface area contributed by atoms with Crippen LogP contribution in [0.1, 0.15) is 49.2 Å². The first-order chi connectivity index (χ1) is 12.8. The van der Waals surface area contributed by atoms with E-state index in [0.717, 1.165) is 24.9 Å². The normalized spacial score (nSPS) is 23.2. The van der Waals surface area contributed by atoms with Gasteiger partial charge in [0.15, 0.2) is 5.69 Å². The number of pyridine rings is 1. The molecule has 2 saturated heterocycles. The lowest BCUT2D eigenvalue weighted by Crippen LogP contribution is -2.52. The van der Waals surface area contributed by atoms with E-state index >= 15 is 0 Å². The Hall–Kier alpha value is -2.44. The summed E-state index contributed by atoms with van der Waals surface area (Å²) in [4.78, 5) is 33.7. The van der Waals surface area contributed by atoms with Crippen molar-refractivity contribution in [1.29, 1.82) is 0 Å². The molecule has 1 spiro atoms. The number of fused-ring (bicyclic) bond motifs is 1. The minimum atomic E-state index is -0.640. The van der Waals surface area contributed by atoms with E-state index in [0.29, 0.717) is 25.2 Å². The largest absolute Gasteiger partial charge is 0.340 e. The van der Waals surface area contributed by atoms with Crippen LogP contribution in [0, 0.1) is 18.3 Å². The molecule has 0 aliphatic carbocycles. The first kappa shape index (κ1) is 17.9. The lowest BCUT2D eigenvalue weighted by Gasteiger charge is -2.41. The predicted molar refractivity (Wildman–Crippen MR) is 98.9 cm³/mol. The smallest absolute Gasteiger partial charge is 0.277 e. The van der Waals surface area contributed by atoms with Gasteiger partial charge in [-0.15, -0.1) is 0 Å². The van der Waals surface area contributed by atoms with E-state index in [2.05, 4.69) is 4.98 Å². The van der Waals surface area contributed by atoms with Gasteiger partial charge >= 0.3 is 0 Å². The van der Waals surface area contributed by atoms with Crippen LogP contribution >= 0.6 is 0 Å². The first-order valence-corrected chi connectivity index (χ1v) is 9.57. The van der Waals surface area contributed by atoms with Crippen LogP contribution in [0.2, 0.25) is 0 Å². The summed E-state index contributed by atoms with van der Waals surface area (Å²) >= 11 is 0. The molecule has 0 radical (unpaired) electrons. The standard InChI is InChI=1S/C20H25FN4O2/c1-13(2)24-9-4-7-20(19(24)27)8-10-23(12-20)18(26)16-17(21)25-11-14(3)5-6-15(25)22-16/h5-6,11,13H,4,7-10,12H2,1-3H3/t20-/m0/s1. The van der Waals surface area contributed by atoms with Crippen molar-refractivity contribution in [3.63, 3.8) is 0 Å². The number of rotatable bonds is 2. The number of piperidine rings is 1. The zero-order valence-corrected chi connectivity index (χ0v) is 16.0. The Morgan fingerprint density at radius 3 is 2.78 bits per heavy atom. The Morgan fingerprint density at radius 2 is 2.04 bits per heavy atom. The molecule has 144 valence electrons. The first-order valence-electron chi connectivity index (χ1n) is 9.57. The Morgan fingerprint density at radius 1 is 1.26 bits per heavy atom. The summed E-state index contributed by atoms with van der Waals surface area (Å²) < 4.78 is 16.1. The Balaban J connectivity index is 1.60. The summed E-state index contributed by atoms with van der Waals surface area (Å²) in [6.45, 7) is 7.47. The molecule has 2 aromatic rings. The third-order valence-electron chi connectivity index (χ3n) is 5.94. The van der Waals surface area contributed by atoms with E-state index in [1.807, 2.05) is 31.7 Å². The molecule has 0 bridgehead atoms. The van der Waals surface area contributed by atoms with Gasteiger partial charge in [0.05, 0.1) is 5.41 Å². The van der Waals surface area contributed by atoms with Crippen LogP contribution in [-0.4, -0.2) is 56.7 Å². The molecular formula is C20H25FN4O2. The second-order valence-corrected chi connectivity index (χ2v) is 8.14. The highest BCUT2D eigenvalue weighted by molar-refractivity contribution is 5.94. The summed E-state index contributed by atoms with van der Waals surface area (Å²) in [6, 6.07) is 3.69. The lowest BCUT2D eigenvalue weighted by molar-refractivity contribution is -0.147. The summed E-state index contributed by atoms with van der Waals surface area (Å²) in [6.07, 6.45) is 3.99. The zero-order chi connectivity index (χ0) is 19.3. The number of likely N-dealkylation sites (tertiary alicyclic amines) is 2. The van der Waals surface area contributed by atoms with Crippen molar-refractivity contribution in [3.8, 4) is 0 Å². The van der Waals surface area contributed by atoms with Crippen molar-refractivity contribution in [2.45, 2.75) is 46.1 Å². The van der Waals surface area contributed by atoms with Crippen molar-refractivity contribution < 1.29 is 14.0 Å². The van der Waals surface area contributed by atoms with Crippen LogP contribution in [0.4, 0.5) is 4.39 Å². The highest BCUT2D eigenvalue weighted by Crippen LogP contribution is 2.41. The molecule has 0 saturated carbocycles. The molecule has 6 nitrogen and oxygen atoms in total. The van der Waals surface area contributed by atoms with Gasteiger partial charge in [0.25, 0.3) is 5.91 Å². The lowest BCUT2D eigenvalue weighted by atomic mass is 9.78. The molecule has 4 heterocycles. The number of carbonyl (C=O) groups is 2. The van der Waals surface area contributed by atoms with Crippen LogP contribution < -0.4 is 0 Å². The Bertz CT molecular complexity index is 922. The second-order valence-electron chi connectivity index (χ2n) is 8.14. The number of nitrogens with zero attached hydrogens (tertiary/aromatic N) is 4. The predicted octanol–water partition coefficient (Wildman–Crippen LogP) is 2.64. The van der Waals surface area contributed by atoms with Gasteiger partial charge < -0.3 is 9.80 Å². The maximum atomic E-state index is 14.8. The minimum absolute atomic E-state index is 0.130. The second kappa shape index (κ2) is 6.32. The zero-order valence-electron chi connectivity index (χ0n) is 16.0. The topological polar surface area (TPSA) is 57.9 Å². The molecule has 2 amide bonds. The van der Waals surface area contributed by atoms with Gasteiger partial charge in [-0.25, -0.2) is 4.98 Å². The van der Waals surface area contributed by atoms with Gasteiger partial charge in [-0.1, -0.05) is 6.07 Å². The Labute approximate surface area is 158 Å². The number of aryl methyl sites for hydroxylation is 1. The molecule has 27 heavy (non-hydrogen) atoms. The molecule has 2 aliphatic rings. The average Bonchev–Trinajstić information content (AvgIpc) is 3.20. The van der Waals surface area contributed by atoms with Crippen LogP contribution in [-0.2, 0) is 4.79 Å². The third kappa shape index (κ3) is 2.80. The van der Waals surface area contributed by atoms with Crippen LogP contribution in [0.15, 0.2) is 18.3 Å². The van der Waals surface area contributed by atoms with Gasteiger partial charge in [-0.3, -0.25) is 14.0 Å². The average molecular weight is 372 g/mol. The van der Waals surface area contributed by atoms with E-state index < -0.39 is 17.3 Å². The quantitative estimate of drug-likeness (QED) is 0.814. The molecule has 4 rings (SSSR count). The molecule has 2 aliphatic heterocycles. The van der Waals surface area contributed by atoms with Gasteiger partial charge in [0.2, 0.25) is 11.9 Å². The number of halogens is 1. The summed E-state index contributed by atoms with van der Waals surface area (Å²) in [5, 5.41) is 0. The van der Waals surface area contributed by atoms with E-state index in [1.165, 1.54) is 4.40 Å². The molecule has 2 fully saturated rings. The summed E-state index contributed by atoms with van der Waals surface area (Å²) in [7, 11) is 0. The molecule has 7 heteroatoms.